The van der Waals surface area contributed by atoms with Gasteiger partial charge in [-0.05, 0) is 150 Å². The van der Waals surface area contributed by atoms with Crippen LogP contribution in [0.5, 0.6) is 17.2 Å². The molecule has 16 rings (SSSR count). The SMILES string of the molecule is O=Cc1cc2ccc3c4ccccc4[nH]c3c2c(N=Nc2ccc(N(c3ccc(N=Nc4c(O)c(C=O)cc5ccc6c7ccccc7[nH]c6c45)cc3)c3ccc(N=Nc4c(O)c(C(=O)Nc5ccc(C(F)(F)F)cc5)cc5ccc6c7ccccc7[nH]c6c45)cc3)cc2)c1O. The molecule has 96 heavy (non-hydrogen) atoms. The van der Waals surface area contributed by atoms with E-state index in [4.69, 9.17) is 0 Å². The van der Waals surface area contributed by atoms with E-state index in [9.17, 15) is 42.9 Å². The molecule has 0 unspecified atom stereocenters. The molecular weight excluding hydrogens is 1220 g/mol. The fourth-order valence-electron chi connectivity index (χ4n) is 12.7. The number of alkyl halides is 3. The number of aldehydes is 2. The van der Waals surface area contributed by atoms with Gasteiger partial charge in [0.15, 0.2) is 29.8 Å². The second-order valence-electron chi connectivity index (χ2n) is 23.0. The van der Waals surface area contributed by atoms with Gasteiger partial charge in [-0.2, -0.15) is 28.5 Å². The molecule has 0 atom stereocenters. The van der Waals surface area contributed by atoms with E-state index in [0.29, 0.717) is 84.5 Å². The van der Waals surface area contributed by atoms with Crippen LogP contribution in [0.4, 0.5) is 70.0 Å². The Hall–Kier alpha value is -13.4. The smallest absolute Gasteiger partial charge is 0.416 e. The summed E-state index contributed by atoms with van der Waals surface area (Å²) in [4.78, 5) is 50.9. The normalized spacial score (nSPS) is 12.2. The van der Waals surface area contributed by atoms with Crippen molar-refractivity contribution in [3.8, 4) is 17.2 Å². The highest BCUT2D eigenvalue weighted by molar-refractivity contribution is 6.25. The number of fused-ring (bicyclic) bond motifs is 15. The number of nitrogens with zero attached hydrogens (tertiary/aromatic N) is 7. The Morgan fingerprint density at radius 1 is 0.406 bits per heavy atom. The fraction of sp³-hybridized carbons (Fsp3) is 0.0132. The molecule has 0 spiro atoms. The number of hydrogen-bond acceptors (Lipinski definition) is 13. The Balaban J connectivity index is 0.772. The van der Waals surface area contributed by atoms with Crippen LogP contribution in [-0.4, -0.2) is 48.8 Å². The Morgan fingerprint density at radius 2 is 0.760 bits per heavy atom. The molecule has 3 heterocycles. The van der Waals surface area contributed by atoms with Crippen LogP contribution in [0.25, 0.3) is 97.7 Å². The van der Waals surface area contributed by atoms with Gasteiger partial charge in [-0.1, -0.05) is 91.0 Å². The first-order valence-corrected chi connectivity index (χ1v) is 30.1. The van der Waals surface area contributed by atoms with Gasteiger partial charge in [-0.15, -0.1) is 15.3 Å². The monoisotopic (exact) mass is 1270 g/mol. The number of carbonyl (C=O) groups is 3. The van der Waals surface area contributed by atoms with Crippen LogP contribution in [0.1, 0.15) is 36.6 Å². The van der Waals surface area contributed by atoms with Gasteiger partial charge < -0.3 is 40.5 Å². The maximum Gasteiger partial charge on any atom is 0.416 e. The average Bonchev–Trinajstić information content (AvgIpc) is 1.54. The van der Waals surface area contributed by atoms with Crippen molar-refractivity contribution < 1.29 is 42.9 Å². The second-order valence-corrected chi connectivity index (χ2v) is 23.0. The van der Waals surface area contributed by atoms with Gasteiger partial charge in [-0.25, -0.2) is 0 Å². The molecule has 16 aromatic rings. The third-order valence-corrected chi connectivity index (χ3v) is 17.3. The number of anilines is 4. The van der Waals surface area contributed by atoms with Gasteiger partial charge in [0.1, 0.15) is 17.1 Å². The van der Waals surface area contributed by atoms with Crippen molar-refractivity contribution >= 4 is 173 Å². The van der Waals surface area contributed by atoms with E-state index in [1.165, 1.54) is 6.07 Å². The quantitative estimate of drug-likeness (QED) is 0.0434. The first-order chi connectivity index (χ1) is 46.8. The summed E-state index contributed by atoms with van der Waals surface area (Å²) in [5.74, 6) is -1.96. The maximum atomic E-state index is 14.0. The van der Waals surface area contributed by atoms with E-state index >= 15 is 0 Å². The Labute approximate surface area is 539 Å². The number of azo groups is 3. The molecule has 17 nitrogen and oxygen atoms in total. The van der Waals surface area contributed by atoms with E-state index < -0.39 is 23.4 Å². The van der Waals surface area contributed by atoms with Crippen molar-refractivity contribution in [2.24, 2.45) is 30.7 Å². The topological polar surface area (TPSA) is 249 Å². The molecule has 0 aliphatic heterocycles. The number of phenols is 3. The van der Waals surface area contributed by atoms with Crippen molar-refractivity contribution in [2.75, 3.05) is 10.2 Å². The summed E-state index contributed by atoms with van der Waals surface area (Å²) in [6.45, 7) is 0. The third kappa shape index (κ3) is 9.87. The zero-order valence-corrected chi connectivity index (χ0v) is 49.8. The van der Waals surface area contributed by atoms with Crippen LogP contribution in [0.3, 0.4) is 0 Å². The van der Waals surface area contributed by atoms with E-state index in [-0.39, 0.29) is 50.9 Å². The number of nitrogens with one attached hydrogen (secondary N) is 4. The molecule has 13 aromatic carbocycles. The van der Waals surface area contributed by atoms with Crippen LogP contribution in [0.2, 0.25) is 0 Å². The van der Waals surface area contributed by atoms with Crippen LogP contribution in [0.15, 0.2) is 255 Å². The van der Waals surface area contributed by atoms with E-state index in [1.54, 1.807) is 54.6 Å². The molecule has 0 saturated heterocycles. The zero-order valence-electron chi connectivity index (χ0n) is 49.8. The molecule has 7 N–H and O–H groups in total. The molecule has 0 bridgehead atoms. The molecule has 20 heteroatoms. The van der Waals surface area contributed by atoms with Crippen LogP contribution < -0.4 is 10.2 Å². The highest BCUT2D eigenvalue weighted by atomic mass is 19.4. The number of aromatic hydroxyl groups is 3. The standard InChI is InChI=1S/C76H46F3N11O6/c77-76(78,79)45-16-18-46(19-17-45)80-75(96)59-37-42-15-34-58-55-9-3-6-12-62(55)83-68(58)65(42)71(74(59)95)89-86-49-24-30-52(31-25-49)90(50-26-20-47(21-27-50)84-87-69-63-40(35-43(38-91)72(69)93)13-32-56-53-7-1-4-10-60(53)81-66(56)63)51-28-22-48(23-29-51)85-88-70-64-41(36-44(39-92)73(70)94)14-33-57-54-8-2-5-11-61(54)82-67(57)64/h1-39,81-83,93-95H,(H,80,96). The molecule has 0 saturated carbocycles. The number of aromatic nitrogens is 3. The minimum absolute atomic E-state index is 0.0422. The van der Waals surface area contributed by atoms with Crippen molar-refractivity contribution in [1.29, 1.82) is 0 Å². The zero-order chi connectivity index (χ0) is 65.5. The maximum absolute atomic E-state index is 14.0. The van der Waals surface area contributed by atoms with E-state index in [0.717, 1.165) is 84.2 Å². The van der Waals surface area contributed by atoms with E-state index in [2.05, 4.69) is 51.0 Å². The highest BCUT2D eigenvalue weighted by Gasteiger charge is 2.31. The van der Waals surface area contributed by atoms with Gasteiger partial charge in [0, 0.05) is 87.8 Å². The predicted octanol–water partition coefficient (Wildman–Crippen LogP) is 21.8. The summed E-state index contributed by atoms with van der Waals surface area (Å²) in [6, 6.07) is 64.9. The molecule has 462 valence electrons. The summed E-state index contributed by atoms with van der Waals surface area (Å²) in [5, 5.41) is 74.5. The van der Waals surface area contributed by atoms with Gasteiger partial charge in [0.05, 0.1) is 55.9 Å². The summed E-state index contributed by atoms with van der Waals surface area (Å²) >= 11 is 0. The predicted molar refractivity (Wildman–Crippen MR) is 369 cm³/mol. The van der Waals surface area contributed by atoms with Crippen molar-refractivity contribution in [2.45, 2.75) is 6.18 Å². The second kappa shape index (κ2) is 22.8. The highest BCUT2D eigenvalue weighted by Crippen LogP contribution is 2.48. The minimum atomic E-state index is -4.59. The summed E-state index contributed by atoms with van der Waals surface area (Å²) in [5.41, 5.74) is 7.06. The number of para-hydroxylation sites is 3. The van der Waals surface area contributed by atoms with Gasteiger partial charge in [-0.3, -0.25) is 14.4 Å². The number of amides is 1. The fourth-order valence-corrected chi connectivity index (χ4v) is 12.7. The lowest BCUT2D eigenvalue weighted by Crippen LogP contribution is -2.13. The number of benzene rings is 13. The number of hydrogen-bond donors (Lipinski definition) is 7. The number of rotatable bonds is 13. The molecule has 3 aromatic heterocycles. The van der Waals surface area contributed by atoms with Crippen molar-refractivity contribution in [3.63, 3.8) is 0 Å². The van der Waals surface area contributed by atoms with Crippen molar-refractivity contribution in [1.82, 2.24) is 15.0 Å². The number of aromatic amines is 3. The van der Waals surface area contributed by atoms with Crippen LogP contribution in [-0.2, 0) is 6.18 Å². The molecular formula is C76H46F3N11O6. The molecule has 0 radical (unpaired) electrons. The first kappa shape index (κ1) is 57.8. The van der Waals surface area contributed by atoms with Gasteiger partial charge in [0.2, 0.25) is 0 Å². The minimum Gasteiger partial charge on any atom is -0.505 e. The van der Waals surface area contributed by atoms with Gasteiger partial charge >= 0.3 is 6.18 Å². The number of halogens is 3. The average molecular weight is 1270 g/mol. The lowest BCUT2D eigenvalue weighted by Gasteiger charge is -2.25. The summed E-state index contributed by atoms with van der Waals surface area (Å²) in [6.07, 6.45) is -3.43. The molecule has 1 amide bonds. The molecule has 0 fully saturated rings. The molecule has 0 aliphatic carbocycles. The lowest BCUT2D eigenvalue weighted by molar-refractivity contribution is -0.137. The number of phenolic OH excluding ortho intramolecular Hbond substituents is 3. The Kier molecular flexibility index (Phi) is 13.7. The Bertz CT molecular complexity index is 5800. The number of carbonyl (C=O) groups excluding carboxylic acids is 3. The lowest BCUT2D eigenvalue weighted by atomic mass is 10.00. The Morgan fingerprint density at radius 3 is 1.12 bits per heavy atom. The van der Waals surface area contributed by atoms with Crippen LogP contribution >= 0.6 is 0 Å². The first-order valence-electron chi connectivity index (χ1n) is 30.1. The van der Waals surface area contributed by atoms with E-state index in [1.807, 2.05) is 144 Å². The third-order valence-electron chi connectivity index (χ3n) is 17.3. The largest absolute Gasteiger partial charge is 0.505 e. The van der Waals surface area contributed by atoms with Gasteiger partial charge in [0.25, 0.3) is 5.91 Å². The summed E-state index contributed by atoms with van der Waals surface area (Å²) < 4.78 is 40.3. The number of H-pyrrole nitrogens is 3. The molecule has 0 aliphatic rings. The van der Waals surface area contributed by atoms with Crippen molar-refractivity contribution in [3.05, 3.63) is 247 Å². The summed E-state index contributed by atoms with van der Waals surface area (Å²) in [7, 11) is 0. The van der Waals surface area contributed by atoms with Crippen LogP contribution in [0, 0.1) is 0 Å².